The summed E-state index contributed by atoms with van der Waals surface area (Å²) in [6.45, 7) is 2.68. The predicted octanol–water partition coefficient (Wildman–Crippen LogP) is 2.89. The van der Waals surface area contributed by atoms with Crippen LogP contribution in [-0.4, -0.2) is 36.9 Å². The fraction of sp³-hybridized carbons (Fsp3) is 0.312. The van der Waals surface area contributed by atoms with Gasteiger partial charge >= 0.3 is 0 Å². The van der Waals surface area contributed by atoms with Gasteiger partial charge in [0.25, 0.3) is 0 Å². The van der Waals surface area contributed by atoms with E-state index in [4.69, 9.17) is 16.3 Å². The zero-order valence-electron chi connectivity index (χ0n) is 12.6. The molecule has 1 aromatic heterocycles. The molecule has 0 spiro atoms. The Hall–Kier alpha value is -1.63. The van der Waals surface area contributed by atoms with Gasteiger partial charge in [0.1, 0.15) is 6.10 Å². The summed E-state index contributed by atoms with van der Waals surface area (Å²) in [7, 11) is -3.54. The lowest BCUT2D eigenvalue weighted by Crippen LogP contribution is -2.31. The largest absolute Gasteiger partial charge is 0.473 e. The Morgan fingerprint density at radius 2 is 2.13 bits per heavy atom. The second-order valence-corrected chi connectivity index (χ2v) is 7.90. The third kappa shape index (κ3) is 3.65. The van der Waals surface area contributed by atoms with Crippen molar-refractivity contribution in [1.82, 2.24) is 9.29 Å². The van der Waals surface area contributed by atoms with Crippen molar-refractivity contribution in [2.75, 3.05) is 13.1 Å². The Kier molecular flexibility index (Phi) is 4.57. The molecular formula is C16H17ClN2O3S. The van der Waals surface area contributed by atoms with Crippen molar-refractivity contribution in [3.63, 3.8) is 0 Å². The highest BCUT2D eigenvalue weighted by Gasteiger charge is 2.33. The maximum atomic E-state index is 12.6. The van der Waals surface area contributed by atoms with Crippen LogP contribution in [0.3, 0.4) is 0 Å². The number of ether oxygens (including phenoxy) is 1. The van der Waals surface area contributed by atoms with Crippen molar-refractivity contribution in [3.8, 4) is 5.88 Å². The summed E-state index contributed by atoms with van der Waals surface area (Å²) in [6, 6.07) is 10.0. The van der Waals surface area contributed by atoms with E-state index in [9.17, 15) is 8.42 Å². The Bertz CT molecular complexity index is 793. The molecule has 23 heavy (non-hydrogen) atoms. The molecule has 122 valence electrons. The minimum Gasteiger partial charge on any atom is -0.473 e. The van der Waals surface area contributed by atoms with Gasteiger partial charge in [-0.05, 0) is 37.1 Å². The first-order chi connectivity index (χ1) is 10.9. The van der Waals surface area contributed by atoms with Gasteiger partial charge in [-0.3, -0.25) is 0 Å². The second-order valence-electron chi connectivity index (χ2n) is 5.52. The Morgan fingerprint density at radius 1 is 1.30 bits per heavy atom. The quantitative estimate of drug-likeness (QED) is 0.849. The third-order valence-electron chi connectivity index (χ3n) is 3.71. The maximum absolute atomic E-state index is 12.6. The van der Waals surface area contributed by atoms with Crippen LogP contribution in [0.2, 0.25) is 5.02 Å². The smallest absolute Gasteiger partial charge is 0.243 e. The molecule has 1 saturated heterocycles. The van der Waals surface area contributed by atoms with Gasteiger partial charge in [0.05, 0.1) is 11.4 Å². The topological polar surface area (TPSA) is 59.5 Å². The SMILES string of the molecule is Cc1ccc(O[C@H]2CCN(S(=O)(=O)c3cccc(Cl)c3)C2)nc1. The van der Waals surface area contributed by atoms with E-state index >= 15 is 0 Å². The molecule has 1 atom stereocenters. The fourth-order valence-electron chi connectivity index (χ4n) is 2.48. The van der Waals surface area contributed by atoms with Gasteiger partial charge in [0.15, 0.2) is 0 Å². The highest BCUT2D eigenvalue weighted by atomic mass is 35.5. The van der Waals surface area contributed by atoms with E-state index in [1.807, 2.05) is 13.0 Å². The summed E-state index contributed by atoms with van der Waals surface area (Å²) in [5, 5.41) is 0.405. The maximum Gasteiger partial charge on any atom is 0.243 e. The van der Waals surface area contributed by atoms with E-state index in [-0.39, 0.29) is 11.0 Å². The third-order valence-corrected chi connectivity index (χ3v) is 5.81. The lowest BCUT2D eigenvalue weighted by Gasteiger charge is -2.17. The minimum atomic E-state index is -3.54. The molecule has 1 aromatic carbocycles. The molecule has 2 heterocycles. The molecule has 0 saturated carbocycles. The molecule has 0 aliphatic carbocycles. The molecule has 0 N–H and O–H groups in total. The number of hydrogen-bond acceptors (Lipinski definition) is 4. The summed E-state index contributed by atoms with van der Waals surface area (Å²) >= 11 is 5.89. The van der Waals surface area contributed by atoms with Crippen LogP contribution in [-0.2, 0) is 10.0 Å². The molecule has 0 bridgehead atoms. The number of hydrogen-bond donors (Lipinski definition) is 0. The molecule has 1 aliphatic heterocycles. The first kappa shape index (κ1) is 16.2. The Labute approximate surface area is 140 Å². The molecule has 0 amide bonds. The molecule has 1 fully saturated rings. The molecule has 1 aliphatic rings. The number of rotatable bonds is 4. The van der Waals surface area contributed by atoms with Crippen molar-refractivity contribution in [2.24, 2.45) is 0 Å². The number of aromatic nitrogens is 1. The first-order valence-corrected chi connectivity index (χ1v) is 9.12. The van der Waals surface area contributed by atoms with Gasteiger partial charge in [-0.15, -0.1) is 0 Å². The van der Waals surface area contributed by atoms with Gasteiger partial charge in [0.2, 0.25) is 15.9 Å². The van der Waals surface area contributed by atoms with E-state index in [2.05, 4.69) is 4.98 Å². The van der Waals surface area contributed by atoms with Crippen molar-refractivity contribution in [3.05, 3.63) is 53.2 Å². The number of aryl methyl sites for hydroxylation is 1. The van der Waals surface area contributed by atoms with Crippen LogP contribution >= 0.6 is 11.6 Å². The van der Waals surface area contributed by atoms with Crippen LogP contribution in [0.1, 0.15) is 12.0 Å². The Balaban J connectivity index is 1.70. The first-order valence-electron chi connectivity index (χ1n) is 7.30. The molecule has 0 unspecified atom stereocenters. The van der Waals surface area contributed by atoms with Gasteiger partial charge in [0, 0.05) is 23.8 Å². The van der Waals surface area contributed by atoms with Gasteiger partial charge < -0.3 is 4.74 Å². The molecule has 3 rings (SSSR count). The van der Waals surface area contributed by atoms with E-state index in [0.29, 0.717) is 30.4 Å². The summed E-state index contributed by atoms with van der Waals surface area (Å²) < 4.78 is 32.5. The van der Waals surface area contributed by atoms with Gasteiger partial charge in [-0.2, -0.15) is 4.31 Å². The predicted molar refractivity (Wildman–Crippen MR) is 88.2 cm³/mol. The van der Waals surface area contributed by atoms with Crippen LogP contribution in [0.4, 0.5) is 0 Å². The standard InChI is InChI=1S/C16H17ClN2O3S/c1-12-5-6-16(18-10-12)22-14-7-8-19(11-14)23(20,21)15-4-2-3-13(17)9-15/h2-6,9-10,14H,7-8,11H2,1H3/t14-/m0/s1. The Morgan fingerprint density at radius 3 is 2.83 bits per heavy atom. The fourth-order valence-corrected chi connectivity index (χ4v) is 4.27. The molecule has 5 nitrogen and oxygen atoms in total. The highest BCUT2D eigenvalue weighted by molar-refractivity contribution is 7.89. The van der Waals surface area contributed by atoms with E-state index in [1.165, 1.54) is 10.4 Å². The van der Waals surface area contributed by atoms with Gasteiger partial charge in [-0.25, -0.2) is 13.4 Å². The van der Waals surface area contributed by atoms with Crippen molar-refractivity contribution >= 4 is 21.6 Å². The lowest BCUT2D eigenvalue weighted by molar-refractivity contribution is 0.207. The summed E-state index contributed by atoms with van der Waals surface area (Å²) in [4.78, 5) is 4.40. The van der Waals surface area contributed by atoms with Crippen molar-refractivity contribution in [2.45, 2.75) is 24.3 Å². The van der Waals surface area contributed by atoms with Crippen molar-refractivity contribution in [1.29, 1.82) is 0 Å². The number of pyridine rings is 1. The van der Waals surface area contributed by atoms with Crippen LogP contribution in [0.5, 0.6) is 5.88 Å². The highest BCUT2D eigenvalue weighted by Crippen LogP contribution is 2.25. The normalized spacial score (nSPS) is 19.0. The summed E-state index contributed by atoms with van der Waals surface area (Å²) in [5.41, 5.74) is 1.05. The van der Waals surface area contributed by atoms with Crippen molar-refractivity contribution < 1.29 is 13.2 Å². The molecular weight excluding hydrogens is 336 g/mol. The van der Waals surface area contributed by atoms with E-state index in [1.54, 1.807) is 30.5 Å². The number of halogens is 1. The minimum absolute atomic E-state index is 0.195. The summed E-state index contributed by atoms with van der Waals surface area (Å²) in [5.74, 6) is 0.516. The number of nitrogens with zero attached hydrogens (tertiary/aromatic N) is 2. The van der Waals surface area contributed by atoms with Crippen LogP contribution < -0.4 is 4.74 Å². The average molecular weight is 353 g/mol. The summed E-state index contributed by atoms with van der Waals surface area (Å²) in [6.07, 6.45) is 2.17. The van der Waals surface area contributed by atoms with Crippen LogP contribution in [0.15, 0.2) is 47.5 Å². The lowest BCUT2D eigenvalue weighted by atomic mass is 10.3. The monoisotopic (exact) mass is 352 g/mol. The van der Waals surface area contributed by atoms with Crippen LogP contribution in [0, 0.1) is 6.92 Å². The van der Waals surface area contributed by atoms with Crippen LogP contribution in [0.25, 0.3) is 0 Å². The van der Waals surface area contributed by atoms with E-state index < -0.39 is 10.0 Å². The van der Waals surface area contributed by atoms with Gasteiger partial charge in [-0.1, -0.05) is 23.7 Å². The molecule has 2 aromatic rings. The molecule has 7 heteroatoms. The number of benzene rings is 1. The second kappa shape index (κ2) is 6.47. The zero-order chi connectivity index (χ0) is 16.4. The average Bonchev–Trinajstić information content (AvgIpc) is 2.99. The molecule has 0 radical (unpaired) electrons. The zero-order valence-corrected chi connectivity index (χ0v) is 14.2. The number of sulfonamides is 1. The van der Waals surface area contributed by atoms with E-state index in [0.717, 1.165) is 5.56 Å².